The van der Waals surface area contributed by atoms with Gasteiger partial charge in [0.1, 0.15) is 0 Å². The maximum atomic E-state index is 3.47. The number of aryl methyl sites for hydroxylation is 2. The molecule has 0 spiro atoms. The van der Waals surface area contributed by atoms with Gasteiger partial charge in [-0.05, 0) is 55.6 Å². The van der Waals surface area contributed by atoms with Crippen LogP contribution in [-0.2, 0) is 0 Å². The van der Waals surface area contributed by atoms with E-state index in [2.05, 4.69) is 75.5 Å². The number of nitrogens with one attached hydrogen (secondary N) is 1. The maximum absolute atomic E-state index is 3.47. The van der Waals surface area contributed by atoms with E-state index in [0.29, 0.717) is 6.04 Å². The molecule has 0 saturated heterocycles. The molecule has 1 nitrogen and oxygen atoms in total. The normalized spacial score (nSPS) is 12.4. The monoisotopic (exact) mass is 253 g/mol. The highest BCUT2D eigenvalue weighted by molar-refractivity contribution is 5.68. The van der Waals surface area contributed by atoms with Gasteiger partial charge >= 0.3 is 0 Å². The molecule has 100 valence electrons. The van der Waals surface area contributed by atoms with E-state index < -0.39 is 0 Å². The minimum absolute atomic E-state index is 0.398. The average molecular weight is 253 g/mol. The van der Waals surface area contributed by atoms with Crippen LogP contribution in [0.2, 0.25) is 0 Å². The smallest absolute Gasteiger partial charge is 0.0291 e. The molecule has 2 rings (SSSR count). The zero-order valence-electron chi connectivity index (χ0n) is 12.3. The fraction of sp³-hybridized carbons (Fsp3) is 0.333. The highest BCUT2D eigenvalue weighted by atomic mass is 14.9. The summed E-state index contributed by atoms with van der Waals surface area (Å²) in [6, 6.07) is 15.9. The first-order chi connectivity index (χ1) is 9.11. The van der Waals surface area contributed by atoms with E-state index in [9.17, 15) is 0 Å². The molecule has 1 heteroatoms. The van der Waals surface area contributed by atoms with Gasteiger partial charge in [0.25, 0.3) is 0 Å². The van der Waals surface area contributed by atoms with Crippen LogP contribution < -0.4 is 5.32 Å². The average Bonchev–Trinajstić information content (AvgIpc) is 2.42. The Morgan fingerprint density at radius 1 is 1.05 bits per heavy atom. The lowest BCUT2D eigenvalue weighted by Gasteiger charge is -2.15. The molecule has 1 unspecified atom stereocenters. The standard InChI is InChI=1S/C18H23N/c1-5-19-15(4)16-7-6-8-17(12-16)18-11-13(2)9-10-14(18)3/h6-12,15,19H,5H2,1-4H3. The minimum Gasteiger partial charge on any atom is -0.310 e. The Morgan fingerprint density at radius 2 is 1.84 bits per heavy atom. The van der Waals surface area contributed by atoms with Crippen molar-refractivity contribution in [3.8, 4) is 11.1 Å². The summed E-state index contributed by atoms with van der Waals surface area (Å²) < 4.78 is 0. The van der Waals surface area contributed by atoms with Crippen molar-refractivity contribution in [3.63, 3.8) is 0 Å². The van der Waals surface area contributed by atoms with Crippen molar-refractivity contribution in [1.82, 2.24) is 5.32 Å². The van der Waals surface area contributed by atoms with Crippen LogP contribution >= 0.6 is 0 Å². The molecule has 1 N–H and O–H groups in total. The highest BCUT2D eigenvalue weighted by Crippen LogP contribution is 2.27. The third kappa shape index (κ3) is 3.24. The summed E-state index contributed by atoms with van der Waals surface area (Å²) in [7, 11) is 0. The van der Waals surface area contributed by atoms with Crippen molar-refractivity contribution in [2.75, 3.05) is 6.54 Å². The third-order valence-corrected chi connectivity index (χ3v) is 3.60. The summed E-state index contributed by atoms with van der Waals surface area (Å²) in [6.45, 7) is 9.68. The Morgan fingerprint density at radius 3 is 2.58 bits per heavy atom. The molecular formula is C18H23N. The Bertz CT molecular complexity index is 557. The van der Waals surface area contributed by atoms with Crippen LogP contribution in [0.1, 0.15) is 36.6 Å². The second-order valence-electron chi connectivity index (χ2n) is 5.22. The Labute approximate surface area is 116 Å². The van der Waals surface area contributed by atoms with E-state index in [-0.39, 0.29) is 0 Å². The second kappa shape index (κ2) is 6.03. The van der Waals surface area contributed by atoms with Crippen molar-refractivity contribution in [2.45, 2.75) is 33.7 Å². The SMILES string of the molecule is CCNC(C)c1cccc(-c2cc(C)ccc2C)c1. The van der Waals surface area contributed by atoms with Gasteiger partial charge in [0.2, 0.25) is 0 Å². The number of hydrogen-bond acceptors (Lipinski definition) is 1. The molecule has 0 amide bonds. The first kappa shape index (κ1) is 13.8. The second-order valence-corrected chi connectivity index (χ2v) is 5.22. The largest absolute Gasteiger partial charge is 0.310 e. The van der Waals surface area contributed by atoms with Crippen LogP contribution in [0.15, 0.2) is 42.5 Å². The van der Waals surface area contributed by atoms with Crippen LogP contribution in [0.5, 0.6) is 0 Å². The Hall–Kier alpha value is -1.60. The summed E-state index contributed by atoms with van der Waals surface area (Å²) in [5.41, 5.74) is 6.64. The van der Waals surface area contributed by atoms with Crippen molar-refractivity contribution in [2.24, 2.45) is 0 Å². The van der Waals surface area contributed by atoms with Crippen molar-refractivity contribution in [1.29, 1.82) is 0 Å². The number of hydrogen-bond donors (Lipinski definition) is 1. The topological polar surface area (TPSA) is 12.0 Å². The lowest BCUT2D eigenvalue weighted by molar-refractivity contribution is 0.598. The van der Waals surface area contributed by atoms with Crippen LogP contribution in [0.25, 0.3) is 11.1 Å². The van der Waals surface area contributed by atoms with E-state index in [1.54, 1.807) is 0 Å². The predicted octanol–water partition coefficient (Wildman–Crippen LogP) is 4.64. The van der Waals surface area contributed by atoms with E-state index in [0.717, 1.165) is 6.54 Å². The molecule has 0 heterocycles. The first-order valence-corrected chi connectivity index (χ1v) is 7.02. The van der Waals surface area contributed by atoms with Gasteiger partial charge in [-0.1, -0.05) is 48.9 Å². The van der Waals surface area contributed by atoms with E-state index in [1.807, 2.05) is 0 Å². The molecule has 19 heavy (non-hydrogen) atoms. The molecular weight excluding hydrogens is 230 g/mol. The lowest BCUT2D eigenvalue weighted by Crippen LogP contribution is -2.17. The Kier molecular flexibility index (Phi) is 4.39. The molecule has 0 aromatic heterocycles. The lowest BCUT2D eigenvalue weighted by atomic mass is 9.95. The van der Waals surface area contributed by atoms with Gasteiger partial charge in [0.15, 0.2) is 0 Å². The molecule has 1 atom stereocenters. The van der Waals surface area contributed by atoms with E-state index in [4.69, 9.17) is 0 Å². The summed E-state index contributed by atoms with van der Waals surface area (Å²) in [4.78, 5) is 0. The molecule has 0 saturated carbocycles. The first-order valence-electron chi connectivity index (χ1n) is 7.02. The molecule has 0 aliphatic rings. The molecule has 2 aromatic carbocycles. The number of benzene rings is 2. The summed E-state index contributed by atoms with van der Waals surface area (Å²) >= 11 is 0. The zero-order chi connectivity index (χ0) is 13.8. The maximum Gasteiger partial charge on any atom is 0.0291 e. The van der Waals surface area contributed by atoms with Crippen molar-refractivity contribution >= 4 is 0 Å². The van der Waals surface area contributed by atoms with Crippen LogP contribution in [0.3, 0.4) is 0 Å². The third-order valence-electron chi connectivity index (χ3n) is 3.60. The molecule has 0 fully saturated rings. The van der Waals surface area contributed by atoms with Gasteiger partial charge in [0, 0.05) is 6.04 Å². The highest BCUT2D eigenvalue weighted by Gasteiger charge is 2.07. The summed E-state index contributed by atoms with van der Waals surface area (Å²) in [5.74, 6) is 0. The van der Waals surface area contributed by atoms with Gasteiger partial charge < -0.3 is 5.32 Å². The molecule has 2 aromatic rings. The van der Waals surface area contributed by atoms with E-state index in [1.165, 1.54) is 27.8 Å². The molecule has 0 aliphatic heterocycles. The van der Waals surface area contributed by atoms with Gasteiger partial charge in [-0.25, -0.2) is 0 Å². The van der Waals surface area contributed by atoms with Crippen LogP contribution in [0, 0.1) is 13.8 Å². The van der Waals surface area contributed by atoms with Crippen LogP contribution in [-0.4, -0.2) is 6.54 Å². The fourth-order valence-electron chi connectivity index (χ4n) is 2.45. The Balaban J connectivity index is 2.40. The van der Waals surface area contributed by atoms with Crippen molar-refractivity contribution < 1.29 is 0 Å². The fourth-order valence-corrected chi connectivity index (χ4v) is 2.45. The van der Waals surface area contributed by atoms with Crippen LogP contribution in [0.4, 0.5) is 0 Å². The van der Waals surface area contributed by atoms with Gasteiger partial charge in [-0.2, -0.15) is 0 Å². The van der Waals surface area contributed by atoms with Gasteiger partial charge in [-0.3, -0.25) is 0 Å². The summed E-state index contributed by atoms with van der Waals surface area (Å²) in [6.07, 6.45) is 0. The quantitative estimate of drug-likeness (QED) is 0.837. The van der Waals surface area contributed by atoms with Gasteiger partial charge in [-0.15, -0.1) is 0 Å². The van der Waals surface area contributed by atoms with Crippen molar-refractivity contribution in [3.05, 3.63) is 59.2 Å². The predicted molar refractivity (Wildman–Crippen MR) is 83.4 cm³/mol. The minimum atomic E-state index is 0.398. The zero-order valence-corrected chi connectivity index (χ0v) is 12.3. The van der Waals surface area contributed by atoms with Gasteiger partial charge in [0.05, 0.1) is 0 Å². The van der Waals surface area contributed by atoms with E-state index >= 15 is 0 Å². The molecule has 0 aliphatic carbocycles. The molecule has 0 radical (unpaired) electrons. The summed E-state index contributed by atoms with van der Waals surface area (Å²) in [5, 5.41) is 3.47. The molecule has 0 bridgehead atoms. The number of rotatable bonds is 4.